The number of esters is 1. The molecule has 0 radical (unpaired) electrons. The Morgan fingerprint density at radius 2 is 1.41 bits per heavy atom. The number of carbonyl (C=O) groups excluding carboxylic acids is 2. The van der Waals surface area contributed by atoms with Crippen LogP contribution >= 0.6 is 54.5 Å². The maximum atomic E-state index is 12.0. The molecule has 13 heteroatoms. The predicted octanol–water partition coefficient (Wildman–Crippen LogP) is 4.90. The van der Waals surface area contributed by atoms with Gasteiger partial charge in [-0.25, -0.2) is 4.79 Å². The SMILES string of the molecule is CCOC(=O)c1cc2c(Br)cn(C)c(=O)c2s1.Cn1cc(Br)c2cc(C(=O)NC3CC3)sc2c1=O.NC1CC1. The lowest BCUT2D eigenvalue weighted by atomic mass is 10.3. The summed E-state index contributed by atoms with van der Waals surface area (Å²) in [6.45, 7) is 2.08. The van der Waals surface area contributed by atoms with Gasteiger partial charge in [-0.15, -0.1) is 22.7 Å². The number of nitrogens with one attached hydrogen (secondary N) is 1. The Labute approximate surface area is 249 Å². The minimum Gasteiger partial charge on any atom is -0.462 e. The molecule has 0 saturated heterocycles. The molecule has 0 atom stereocenters. The van der Waals surface area contributed by atoms with Crippen LogP contribution in [0.5, 0.6) is 0 Å². The zero-order valence-electron chi connectivity index (χ0n) is 21.6. The van der Waals surface area contributed by atoms with Gasteiger partial charge in [-0.1, -0.05) is 0 Å². The van der Waals surface area contributed by atoms with E-state index in [0.29, 0.717) is 37.8 Å². The van der Waals surface area contributed by atoms with Gasteiger partial charge < -0.3 is 24.9 Å². The van der Waals surface area contributed by atoms with E-state index in [2.05, 4.69) is 37.2 Å². The van der Waals surface area contributed by atoms with E-state index in [1.165, 1.54) is 33.3 Å². The van der Waals surface area contributed by atoms with Crippen molar-refractivity contribution < 1.29 is 14.3 Å². The molecule has 4 heterocycles. The predicted molar refractivity (Wildman–Crippen MR) is 163 cm³/mol. The first-order valence-electron chi connectivity index (χ1n) is 12.3. The van der Waals surface area contributed by atoms with E-state index in [4.69, 9.17) is 10.5 Å². The van der Waals surface area contributed by atoms with Crippen molar-refractivity contribution in [1.82, 2.24) is 14.5 Å². The number of fused-ring (bicyclic) bond motifs is 2. The highest BCUT2D eigenvalue weighted by Gasteiger charge is 2.25. The van der Waals surface area contributed by atoms with Gasteiger partial charge in [-0.05, 0) is 76.6 Å². The second kappa shape index (κ2) is 12.5. The van der Waals surface area contributed by atoms with Crippen LogP contribution in [-0.2, 0) is 18.8 Å². The summed E-state index contributed by atoms with van der Waals surface area (Å²) >= 11 is 9.22. The highest BCUT2D eigenvalue weighted by atomic mass is 79.9. The highest BCUT2D eigenvalue weighted by Crippen LogP contribution is 2.30. The fourth-order valence-corrected chi connectivity index (χ4v) is 6.98. The number of hydrogen-bond acceptors (Lipinski definition) is 8. The van der Waals surface area contributed by atoms with Crippen LogP contribution in [0.2, 0.25) is 0 Å². The Kier molecular flexibility index (Phi) is 9.48. The van der Waals surface area contributed by atoms with Gasteiger partial charge in [0.25, 0.3) is 17.0 Å². The molecule has 2 aliphatic rings. The number of amides is 1. The van der Waals surface area contributed by atoms with Crippen LogP contribution in [0.4, 0.5) is 0 Å². The lowest BCUT2D eigenvalue weighted by Crippen LogP contribution is -2.24. The third-order valence-electron chi connectivity index (χ3n) is 5.86. The van der Waals surface area contributed by atoms with Gasteiger partial charge in [0.2, 0.25) is 0 Å². The van der Waals surface area contributed by atoms with Gasteiger partial charge in [0.15, 0.2) is 0 Å². The van der Waals surface area contributed by atoms with E-state index in [1.54, 1.807) is 45.5 Å². The number of carbonyl (C=O) groups is 2. The number of nitrogens with two attached hydrogens (primary N) is 1. The van der Waals surface area contributed by atoms with E-state index in [0.717, 1.165) is 43.9 Å². The van der Waals surface area contributed by atoms with Gasteiger partial charge in [0, 0.05) is 58.3 Å². The first-order valence-corrected chi connectivity index (χ1v) is 15.5. The Balaban J connectivity index is 0.000000158. The van der Waals surface area contributed by atoms with Crippen molar-refractivity contribution in [3.05, 3.63) is 63.9 Å². The molecule has 4 aromatic rings. The first kappa shape index (κ1) is 29.7. The van der Waals surface area contributed by atoms with Crippen LogP contribution in [-0.4, -0.2) is 39.7 Å². The summed E-state index contributed by atoms with van der Waals surface area (Å²) in [5.74, 6) is -0.463. The van der Waals surface area contributed by atoms with Gasteiger partial charge in [0.05, 0.1) is 11.5 Å². The molecule has 208 valence electrons. The molecule has 6 rings (SSSR count). The van der Waals surface area contributed by atoms with Crippen LogP contribution in [0.25, 0.3) is 20.2 Å². The zero-order chi connectivity index (χ0) is 28.4. The summed E-state index contributed by atoms with van der Waals surface area (Å²) in [6, 6.07) is 4.38. The van der Waals surface area contributed by atoms with Crippen LogP contribution in [0.15, 0.2) is 43.1 Å². The zero-order valence-corrected chi connectivity index (χ0v) is 26.4. The van der Waals surface area contributed by atoms with Gasteiger partial charge >= 0.3 is 5.97 Å². The average Bonchev–Trinajstić information content (AvgIpc) is 3.77. The molecule has 4 aromatic heterocycles. The van der Waals surface area contributed by atoms with Crippen molar-refractivity contribution in [2.24, 2.45) is 19.8 Å². The van der Waals surface area contributed by atoms with Crippen LogP contribution < -0.4 is 22.2 Å². The van der Waals surface area contributed by atoms with Gasteiger partial charge in [0.1, 0.15) is 14.3 Å². The molecule has 1 amide bonds. The third kappa shape index (κ3) is 7.26. The van der Waals surface area contributed by atoms with Crippen LogP contribution in [0.3, 0.4) is 0 Å². The van der Waals surface area contributed by atoms with E-state index in [-0.39, 0.29) is 23.0 Å². The molecule has 39 heavy (non-hydrogen) atoms. The number of rotatable bonds is 4. The van der Waals surface area contributed by atoms with E-state index >= 15 is 0 Å². The number of pyridine rings is 2. The number of hydrogen-bond donors (Lipinski definition) is 2. The maximum absolute atomic E-state index is 12.0. The minimum atomic E-state index is -0.386. The van der Waals surface area contributed by atoms with Gasteiger partial charge in [-0.3, -0.25) is 14.4 Å². The van der Waals surface area contributed by atoms with Crippen LogP contribution in [0, 0.1) is 0 Å². The normalized spacial score (nSPS) is 14.3. The van der Waals surface area contributed by atoms with E-state index in [1.807, 2.05) is 0 Å². The number of aromatic nitrogens is 2. The number of thiophene rings is 2. The topological polar surface area (TPSA) is 125 Å². The second-order valence-corrected chi connectivity index (χ2v) is 13.1. The van der Waals surface area contributed by atoms with Crippen molar-refractivity contribution >= 4 is 86.6 Å². The molecule has 2 saturated carbocycles. The Morgan fingerprint density at radius 3 is 1.85 bits per heavy atom. The third-order valence-corrected chi connectivity index (χ3v) is 9.35. The first-order chi connectivity index (χ1) is 18.5. The molecule has 3 N–H and O–H groups in total. The van der Waals surface area contributed by atoms with Crippen molar-refractivity contribution in [1.29, 1.82) is 0 Å². The molecular weight excluding hydrogens is 672 g/mol. The summed E-state index contributed by atoms with van der Waals surface area (Å²) in [4.78, 5) is 48.4. The molecule has 2 aliphatic carbocycles. The molecule has 0 bridgehead atoms. The van der Waals surface area contributed by atoms with E-state index in [9.17, 15) is 19.2 Å². The number of halogens is 2. The Morgan fingerprint density at radius 1 is 0.949 bits per heavy atom. The fourth-order valence-electron chi connectivity index (χ4n) is 3.37. The molecule has 2 fully saturated rings. The molecule has 0 spiro atoms. The number of ether oxygens (including phenoxy) is 1. The summed E-state index contributed by atoms with van der Waals surface area (Å²) < 4.78 is 10.7. The fraction of sp³-hybridized carbons (Fsp3) is 0.385. The quantitative estimate of drug-likeness (QED) is 0.292. The number of aryl methyl sites for hydroxylation is 2. The van der Waals surface area contributed by atoms with Crippen molar-refractivity contribution in [2.45, 2.75) is 44.7 Å². The number of nitrogens with zero attached hydrogens (tertiary/aromatic N) is 2. The molecule has 9 nitrogen and oxygen atoms in total. The standard InChI is InChI=1S/C12H11BrN2O2S.C11H10BrNO3S.C3H7N/c1-15-5-8(13)7-4-9(18-10(7)12(15)17)11(16)14-6-2-3-6;1-3-16-11(15)8-4-6-7(12)5-13(2)10(14)9(6)17-8;4-3-1-2-3/h4-6H,2-3H2,1H3,(H,14,16);4-5H,3H2,1-2H3;3H,1-2,4H2. The Hall–Kier alpha value is -2.32. The maximum Gasteiger partial charge on any atom is 0.348 e. The molecular formula is C26H28Br2N4O5S2. The Bertz CT molecular complexity index is 1660. The van der Waals surface area contributed by atoms with E-state index < -0.39 is 0 Å². The molecule has 0 unspecified atom stereocenters. The average molecular weight is 700 g/mol. The lowest BCUT2D eigenvalue weighted by Gasteiger charge is -1.98. The van der Waals surface area contributed by atoms with Crippen molar-refractivity contribution in [3.63, 3.8) is 0 Å². The van der Waals surface area contributed by atoms with Crippen molar-refractivity contribution in [2.75, 3.05) is 6.61 Å². The van der Waals surface area contributed by atoms with Crippen molar-refractivity contribution in [3.8, 4) is 0 Å². The summed E-state index contributed by atoms with van der Waals surface area (Å²) in [6.07, 6.45) is 8.05. The highest BCUT2D eigenvalue weighted by molar-refractivity contribution is 9.11. The monoisotopic (exact) mass is 698 g/mol. The lowest BCUT2D eigenvalue weighted by molar-refractivity contribution is 0.0532. The summed E-state index contributed by atoms with van der Waals surface area (Å²) in [5.41, 5.74) is 5.05. The van der Waals surface area contributed by atoms with Gasteiger partial charge in [-0.2, -0.15) is 0 Å². The second-order valence-electron chi connectivity index (χ2n) is 9.30. The smallest absolute Gasteiger partial charge is 0.348 e. The molecule has 0 aliphatic heterocycles. The minimum absolute atomic E-state index is 0.0660. The summed E-state index contributed by atoms with van der Waals surface area (Å²) in [5, 5.41) is 4.49. The van der Waals surface area contributed by atoms with Crippen LogP contribution in [0.1, 0.15) is 52.0 Å². The largest absolute Gasteiger partial charge is 0.462 e. The molecule has 0 aromatic carbocycles. The summed E-state index contributed by atoms with van der Waals surface area (Å²) in [7, 11) is 3.38.